The fraction of sp³-hybridized carbons (Fsp3) is 0.143. The molecule has 6 heteroatoms. The average molecular weight is 181 g/mol. The number of nitro groups is 1. The van der Waals surface area contributed by atoms with Crippen molar-refractivity contribution >= 4 is 11.4 Å². The Morgan fingerprint density at radius 1 is 1.46 bits per heavy atom. The van der Waals surface area contributed by atoms with Crippen molar-refractivity contribution in [1.29, 1.82) is 0 Å². The summed E-state index contributed by atoms with van der Waals surface area (Å²) in [5.41, 5.74) is 0.0812. The molecule has 6 nitrogen and oxygen atoms in total. The second-order valence-corrected chi connectivity index (χ2v) is 2.11. The Balaban J connectivity index is 3.05. The first-order valence-corrected chi connectivity index (χ1v) is 3.43. The number of rotatable bonds is 3. The maximum absolute atomic E-state index is 10.4. The molecule has 1 rings (SSSR count). The number of benzene rings is 1. The number of nitro benzene ring substituents is 1. The minimum absolute atomic E-state index is 0.0942. The Labute approximate surface area is 74.0 Å². The van der Waals surface area contributed by atoms with Crippen molar-refractivity contribution in [2.75, 3.05) is 7.11 Å². The van der Waals surface area contributed by atoms with Crippen LogP contribution >= 0.6 is 0 Å². The summed E-state index contributed by atoms with van der Waals surface area (Å²) in [5, 5.41) is 17.2. The van der Waals surface area contributed by atoms with E-state index < -0.39 is 4.92 Å². The highest BCUT2D eigenvalue weighted by atomic mass is 16.6. The molecule has 1 aromatic carbocycles. The Morgan fingerprint density at radius 2 is 2.15 bits per heavy atom. The van der Waals surface area contributed by atoms with Gasteiger partial charge >= 0.3 is 0 Å². The van der Waals surface area contributed by atoms with Gasteiger partial charge in [0.05, 0.1) is 4.92 Å². The van der Waals surface area contributed by atoms with Crippen LogP contribution in [-0.4, -0.2) is 12.0 Å². The minimum Gasteiger partial charge on any atom is -0.383 e. The van der Waals surface area contributed by atoms with E-state index in [9.17, 15) is 10.1 Å². The molecular weight excluding hydrogens is 174 g/mol. The maximum Gasteiger partial charge on any atom is 0.296 e. The van der Waals surface area contributed by atoms with Crippen LogP contribution in [0.4, 0.5) is 11.4 Å². The van der Waals surface area contributed by atoms with Gasteiger partial charge in [0, 0.05) is 11.3 Å². The summed E-state index contributed by atoms with van der Waals surface area (Å²) in [6.07, 6.45) is 0. The molecule has 0 aliphatic heterocycles. The van der Waals surface area contributed by atoms with E-state index in [0.717, 1.165) is 0 Å². The van der Waals surface area contributed by atoms with Crippen LogP contribution in [0.3, 0.4) is 0 Å². The lowest BCUT2D eigenvalue weighted by atomic mass is 10.3. The average Bonchev–Trinajstić information content (AvgIpc) is 2.15. The Bertz CT molecular complexity index is 338. The molecule has 0 aromatic heterocycles. The number of para-hydroxylation sites is 1. The van der Waals surface area contributed by atoms with Crippen LogP contribution in [0.25, 0.3) is 0 Å². The molecule has 0 bridgehead atoms. The Hall–Kier alpha value is -1.98. The monoisotopic (exact) mass is 181 g/mol. The molecular formula is C7H7N3O3. The van der Waals surface area contributed by atoms with Gasteiger partial charge in [-0.2, -0.15) is 0 Å². The zero-order valence-electron chi connectivity index (χ0n) is 6.88. The molecule has 0 aliphatic carbocycles. The Morgan fingerprint density at radius 3 is 2.77 bits per heavy atom. The summed E-state index contributed by atoms with van der Waals surface area (Å²) in [6.45, 7) is 0. The quantitative estimate of drug-likeness (QED) is 0.407. The molecule has 1 aromatic rings. The third kappa shape index (κ3) is 2.22. The van der Waals surface area contributed by atoms with E-state index in [-0.39, 0.29) is 11.4 Å². The molecule has 0 fully saturated rings. The lowest BCUT2D eigenvalue weighted by Crippen LogP contribution is -1.87. The van der Waals surface area contributed by atoms with E-state index in [1.807, 2.05) is 0 Å². The van der Waals surface area contributed by atoms with Gasteiger partial charge in [0.25, 0.3) is 5.69 Å². The standard InChI is InChI=1S/C7H7N3O3/c1-13-9-8-6-4-2-3-5-7(6)10(11)12/h2-5H,1H3. The van der Waals surface area contributed by atoms with Crippen molar-refractivity contribution in [3.05, 3.63) is 34.4 Å². The number of nitrogens with zero attached hydrogens (tertiary/aromatic N) is 3. The normalized spacial score (nSPS) is 10.2. The molecule has 0 amide bonds. The SMILES string of the molecule is CON=Nc1ccccc1[N+](=O)[O-]. The van der Waals surface area contributed by atoms with Gasteiger partial charge in [-0.15, -0.1) is 5.11 Å². The summed E-state index contributed by atoms with van der Waals surface area (Å²) >= 11 is 0. The van der Waals surface area contributed by atoms with Crippen molar-refractivity contribution in [2.45, 2.75) is 0 Å². The van der Waals surface area contributed by atoms with Crippen molar-refractivity contribution in [1.82, 2.24) is 0 Å². The number of hydrogen-bond acceptors (Lipinski definition) is 5. The van der Waals surface area contributed by atoms with Crippen molar-refractivity contribution < 1.29 is 9.76 Å². The highest BCUT2D eigenvalue weighted by Gasteiger charge is 2.11. The van der Waals surface area contributed by atoms with Gasteiger partial charge in [-0.25, -0.2) is 0 Å². The fourth-order valence-corrected chi connectivity index (χ4v) is 0.788. The van der Waals surface area contributed by atoms with Crippen LogP contribution < -0.4 is 0 Å². The van der Waals surface area contributed by atoms with Crippen LogP contribution in [-0.2, 0) is 4.84 Å². The second-order valence-electron chi connectivity index (χ2n) is 2.11. The van der Waals surface area contributed by atoms with Crippen molar-refractivity contribution in [3.63, 3.8) is 0 Å². The molecule has 0 N–H and O–H groups in total. The molecule has 0 atom stereocenters. The summed E-state index contributed by atoms with van der Waals surface area (Å²) in [7, 11) is 1.32. The molecule has 0 aliphatic rings. The Kier molecular flexibility index (Phi) is 2.91. The van der Waals surface area contributed by atoms with E-state index in [0.29, 0.717) is 0 Å². The number of hydrogen-bond donors (Lipinski definition) is 0. The summed E-state index contributed by atoms with van der Waals surface area (Å²) < 4.78 is 0. The van der Waals surface area contributed by atoms with Gasteiger partial charge in [0.15, 0.2) is 5.69 Å². The van der Waals surface area contributed by atoms with Gasteiger partial charge in [0.1, 0.15) is 7.11 Å². The highest BCUT2D eigenvalue weighted by Crippen LogP contribution is 2.26. The zero-order chi connectivity index (χ0) is 9.68. The third-order valence-electron chi connectivity index (χ3n) is 1.31. The van der Waals surface area contributed by atoms with E-state index in [1.54, 1.807) is 12.1 Å². The zero-order valence-corrected chi connectivity index (χ0v) is 6.88. The molecule has 0 heterocycles. The van der Waals surface area contributed by atoms with Crippen molar-refractivity contribution in [2.24, 2.45) is 10.4 Å². The molecule has 0 saturated carbocycles. The first-order chi connectivity index (χ1) is 6.25. The minimum atomic E-state index is -0.524. The van der Waals surface area contributed by atoms with Gasteiger partial charge in [-0.1, -0.05) is 12.1 Å². The molecule has 13 heavy (non-hydrogen) atoms. The molecule has 0 unspecified atom stereocenters. The lowest BCUT2D eigenvalue weighted by Gasteiger charge is -1.93. The van der Waals surface area contributed by atoms with Crippen LogP contribution in [0.15, 0.2) is 34.7 Å². The summed E-state index contributed by atoms with van der Waals surface area (Å²) in [5.74, 6) is 0. The van der Waals surface area contributed by atoms with E-state index in [1.165, 1.54) is 19.2 Å². The van der Waals surface area contributed by atoms with Crippen LogP contribution in [0.5, 0.6) is 0 Å². The smallest absolute Gasteiger partial charge is 0.296 e. The second kappa shape index (κ2) is 4.15. The van der Waals surface area contributed by atoms with Crippen LogP contribution in [0, 0.1) is 10.1 Å². The van der Waals surface area contributed by atoms with E-state index in [2.05, 4.69) is 15.2 Å². The largest absolute Gasteiger partial charge is 0.383 e. The van der Waals surface area contributed by atoms with Gasteiger partial charge < -0.3 is 4.84 Å². The van der Waals surface area contributed by atoms with Gasteiger partial charge in [-0.05, 0) is 6.07 Å². The highest BCUT2D eigenvalue weighted by molar-refractivity contribution is 5.56. The van der Waals surface area contributed by atoms with E-state index >= 15 is 0 Å². The van der Waals surface area contributed by atoms with E-state index in [4.69, 9.17) is 0 Å². The lowest BCUT2D eigenvalue weighted by molar-refractivity contribution is -0.384. The van der Waals surface area contributed by atoms with Gasteiger partial charge in [-0.3, -0.25) is 10.1 Å². The molecule has 68 valence electrons. The first kappa shape index (κ1) is 9.11. The molecule has 0 radical (unpaired) electrons. The topological polar surface area (TPSA) is 77.1 Å². The maximum atomic E-state index is 10.4. The predicted molar refractivity (Wildman–Crippen MR) is 44.6 cm³/mol. The van der Waals surface area contributed by atoms with Gasteiger partial charge in [0.2, 0.25) is 0 Å². The molecule has 0 spiro atoms. The predicted octanol–water partition coefficient (Wildman–Crippen LogP) is 2.24. The van der Waals surface area contributed by atoms with Crippen LogP contribution in [0.2, 0.25) is 0 Å². The summed E-state index contributed by atoms with van der Waals surface area (Å²) in [4.78, 5) is 14.2. The fourth-order valence-electron chi connectivity index (χ4n) is 0.788. The first-order valence-electron chi connectivity index (χ1n) is 3.43. The van der Waals surface area contributed by atoms with Crippen molar-refractivity contribution in [3.8, 4) is 0 Å². The summed E-state index contributed by atoms with van der Waals surface area (Å²) in [6, 6.07) is 6.03. The van der Waals surface area contributed by atoms with Crippen LogP contribution in [0.1, 0.15) is 0 Å². The third-order valence-corrected chi connectivity index (χ3v) is 1.31. The molecule has 0 saturated heterocycles.